The molecule has 0 bridgehead atoms. The topological polar surface area (TPSA) is 30.9 Å². The van der Waals surface area contributed by atoms with Gasteiger partial charge in [-0.1, -0.05) is 22.0 Å². The molecule has 80 valence electrons. The predicted octanol–water partition coefficient (Wildman–Crippen LogP) is 2.83. The Morgan fingerprint density at radius 1 is 1.33 bits per heavy atom. The van der Waals surface area contributed by atoms with Crippen LogP contribution in [0.15, 0.2) is 28.7 Å². The van der Waals surface area contributed by atoms with E-state index in [9.17, 15) is 0 Å². The lowest BCUT2D eigenvalue weighted by Gasteiger charge is -2.03. The van der Waals surface area contributed by atoms with E-state index in [-0.39, 0.29) is 0 Å². The maximum Gasteiger partial charge on any atom is 0.0491 e. The number of nitrogens with zero attached hydrogens (tertiary/aromatic N) is 1. The first-order chi connectivity index (χ1) is 7.22. The summed E-state index contributed by atoms with van der Waals surface area (Å²) in [4.78, 5) is 0. The van der Waals surface area contributed by atoms with Crippen molar-refractivity contribution in [2.24, 2.45) is 12.8 Å². The fourth-order valence-electron chi connectivity index (χ4n) is 1.88. The van der Waals surface area contributed by atoms with Crippen LogP contribution in [0.4, 0.5) is 0 Å². The van der Waals surface area contributed by atoms with Crippen molar-refractivity contribution in [2.45, 2.75) is 12.8 Å². The van der Waals surface area contributed by atoms with Gasteiger partial charge in [-0.3, -0.25) is 0 Å². The molecule has 0 amide bonds. The molecule has 3 heteroatoms. The molecule has 1 heterocycles. The van der Waals surface area contributed by atoms with Crippen molar-refractivity contribution in [1.82, 2.24) is 4.57 Å². The summed E-state index contributed by atoms with van der Waals surface area (Å²) >= 11 is 3.50. The summed E-state index contributed by atoms with van der Waals surface area (Å²) in [5.41, 5.74) is 8.16. The third-order valence-electron chi connectivity index (χ3n) is 2.74. The molecular weight excluding hydrogens is 252 g/mol. The van der Waals surface area contributed by atoms with E-state index in [1.54, 1.807) is 0 Å². The zero-order valence-corrected chi connectivity index (χ0v) is 10.4. The van der Waals surface area contributed by atoms with Crippen molar-refractivity contribution in [3.8, 4) is 0 Å². The van der Waals surface area contributed by atoms with Gasteiger partial charge in [0, 0.05) is 22.7 Å². The molecule has 0 aliphatic rings. The molecule has 0 atom stereocenters. The summed E-state index contributed by atoms with van der Waals surface area (Å²) in [6.07, 6.45) is 2.10. The van der Waals surface area contributed by atoms with Crippen LogP contribution in [-0.4, -0.2) is 11.1 Å². The fourth-order valence-corrected chi connectivity index (χ4v) is 2.23. The van der Waals surface area contributed by atoms with Gasteiger partial charge in [0.1, 0.15) is 0 Å². The zero-order chi connectivity index (χ0) is 10.8. The van der Waals surface area contributed by atoms with Gasteiger partial charge >= 0.3 is 0 Å². The Morgan fingerprint density at radius 2 is 2.13 bits per heavy atom. The molecule has 0 aliphatic heterocycles. The van der Waals surface area contributed by atoms with Crippen LogP contribution in [-0.2, 0) is 13.5 Å². The second-order valence-corrected chi connectivity index (χ2v) is 4.71. The smallest absolute Gasteiger partial charge is 0.0491 e. The second kappa shape index (κ2) is 4.37. The Bertz CT molecular complexity index is 474. The summed E-state index contributed by atoms with van der Waals surface area (Å²) < 4.78 is 3.37. The summed E-state index contributed by atoms with van der Waals surface area (Å²) in [5, 5.41) is 1.30. The van der Waals surface area contributed by atoms with Gasteiger partial charge in [0.05, 0.1) is 0 Å². The van der Waals surface area contributed by atoms with Crippen molar-refractivity contribution < 1.29 is 0 Å². The SMILES string of the molecule is Cn1c(CCCN)cc2ccc(Br)cc21. The molecule has 2 rings (SSSR count). The number of rotatable bonds is 3. The molecule has 0 fully saturated rings. The fraction of sp³-hybridized carbons (Fsp3) is 0.333. The van der Waals surface area contributed by atoms with Gasteiger partial charge in [-0.05, 0) is 43.0 Å². The van der Waals surface area contributed by atoms with Gasteiger partial charge in [-0.15, -0.1) is 0 Å². The van der Waals surface area contributed by atoms with E-state index >= 15 is 0 Å². The summed E-state index contributed by atoms with van der Waals surface area (Å²) in [6, 6.07) is 8.62. The van der Waals surface area contributed by atoms with Crippen molar-refractivity contribution in [3.05, 3.63) is 34.4 Å². The normalized spacial score (nSPS) is 11.1. The zero-order valence-electron chi connectivity index (χ0n) is 8.83. The van der Waals surface area contributed by atoms with Crippen LogP contribution >= 0.6 is 15.9 Å². The Labute approximate surface area is 98.2 Å². The van der Waals surface area contributed by atoms with Gasteiger partial charge in [0.25, 0.3) is 0 Å². The van der Waals surface area contributed by atoms with Gasteiger partial charge in [-0.2, -0.15) is 0 Å². The molecular formula is C12H15BrN2. The van der Waals surface area contributed by atoms with Crippen molar-refractivity contribution >= 4 is 26.8 Å². The average molecular weight is 267 g/mol. The standard InChI is InChI=1S/C12H15BrN2/c1-15-11(3-2-6-14)7-9-4-5-10(13)8-12(9)15/h4-5,7-8H,2-3,6,14H2,1H3. The quantitative estimate of drug-likeness (QED) is 0.910. The predicted molar refractivity (Wildman–Crippen MR) is 68.0 cm³/mol. The maximum absolute atomic E-state index is 5.53. The maximum atomic E-state index is 5.53. The number of aromatic nitrogens is 1. The number of aryl methyl sites for hydroxylation is 2. The minimum atomic E-state index is 0.755. The average Bonchev–Trinajstić information content (AvgIpc) is 2.53. The van der Waals surface area contributed by atoms with Gasteiger partial charge in [0.2, 0.25) is 0 Å². The van der Waals surface area contributed by atoms with E-state index in [1.165, 1.54) is 16.6 Å². The number of nitrogens with two attached hydrogens (primary N) is 1. The molecule has 0 unspecified atom stereocenters. The molecule has 15 heavy (non-hydrogen) atoms. The monoisotopic (exact) mass is 266 g/mol. The lowest BCUT2D eigenvalue weighted by atomic mass is 10.2. The third kappa shape index (κ3) is 2.08. The first kappa shape index (κ1) is 10.7. The minimum Gasteiger partial charge on any atom is -0.348 e. The molecule has 0 spiro atoms. The summed E-state index contributed by atoms with van der Waals surface area (Å²) in [6.45, 7) is 0.755. The highest BCUT2D eigenvalue weighted by atomic mass is 79.9. The number of fused-ring (bicyclic) bond motifs is 1. The van der Waals surface area contributed by atoms with Crippen LogP contribution in [0.2, 0.25) is 0 Å². The van der Waals surface area contributed by atoms with Gasteiger partial charge < -0.3 is 10.3 Å². The van der Waals surface area contributed by atoms with Crippen molar-refractivity contribution in [2.75, 3.05) is 6.54 Å². The van der Waals surface area contributed by atoms with Crippen LogP contribution in [0, 0.1) is 0 Å². The van der Waals surface area contributed by atoms with Gasteiger partial charge in [-0.25, -0.2) is 0 Å². The van der Waals surface area contributed by atoms with E-state index in [2.05, 4.69) is 51.8 Å². The Balaban J connectivity index is 2.45. The first-order valence-corrected chi connectivity index (χ1v) is 5.95. The molecule has 0 radical (unpaired) electrons. The van der Waals surface area contributed by atoms with E-state index in [0.29, 0.717) is 0 Å². The highest BCUT2D eigenvalue weighted by molar-refractivity contribution is 9.10. The Kier molecular flexibility index (Phi) is 3.12. The highest BCUT2D eigenvalue weighted by Crippen LogP contribution is 2.23. The van der Waals surface area contributed by atoms with Crippen LogP contribution in [0.3, 0.4) is 0 Å². The lowest BCUT2D eigenvalue weighted by Crippen LogP contribution is -2.03. The number of hydrogen-bond donors (Lipinski definition) is 1. The van der Waals surface area contributed by atoms with Gasteiger partial charge in [0.15, 0.2) is 0 Å². The highest BCUT2D eigenvalue weighted by Gasteiger charge is 2.05. The Morgan fingerprint density at radius 3 is 2.87 bits per heavy atom. The molecule has 0 saturated carbocycles. The lowest BCUT2D eigenvalue weighted by molar-refractivity contribution is 0.766. The third-order valence-corrected chi connectivity index (χ3v) is 3.24. The van der Waals surface area contributed by atoms with Crippen molar-refractivity contribution in [3.63, 3.8) is 0 Å². The van der Waals surface area contributed by atoms with E-state index in [1.807, 2.05) is 0 Å². The second-order valence-electron chi connectivity index (χ2n) is 3.79. The van der Waals surface area contributed by atoms with Crippen LogP contribution in [0.25, 0.3) is 10.9 Å². The molecule has 2 N–H and O–H groups in total. The van der Waals surface area contributed by atoms with Crippen molar-refractivity contribution in [1.29, 1.82) is 0 Å². The van der Waals surface area contributed by atoms with Crippen LogP contribution in [0.5, 0.6) is 0 Å². The summed E-state index contributed by atoms with van der Waals surface area (Å²) in [5.74, 6) is 0. The van der Waals surface area contributed by atoms with Crippen LogP contribution in [0.1, 0.15) is 12.1 Å². The van der Waals surface area contributed by atoms with E-state index in [4.69, 9.17) is 5.73 Å². The van der Waals surface area contributed by atoms with E-state index in [0.717, 1.165) is 23.9 Å². The largest absolute Gasteiger partial charge is 0.348 e. The molecule has 0 aliphatic carbocycles. The molecule has 2 aromatic rings. The van der Waals surface area contributed by atoms with Crippen LogP contribution < -0.4 is 5.73 Å². The number of hydrogen-bond acceptors (Lipinski definition) is 1. The molecule has 2 nitrogen and oxygen atoms in total. The minimum absolute atomic E-state index is 0.755. The first-order valence-electron chi connectivity index (χ1n) is 5.16. The number of benzene rings is 1. The number of halogens is 1. The Hall–Kier alpha value is -0.800. The van der Waals surface area contributed by atoms with E-state index < -0.39 is 0 Å². The molecule has 0 saturated heterocycles. The molecule has 1 aromatic heterocycles. The summed E-state index contributed by atoms with van der Waals surface area (Å²) in [7, 11) is 2.11. The molecule has 1 aromatic carbocycles.